The maximum absolute atomic E-state index is 11.1. The van der Waals surface area contributed by atoms with Gasteiger partial charge in [0.05, 0.1) is 0 Å². The normalized spacial score (nSPS) is 12.2. The summed E-state index contributed by atoms with van der Waals surface area (Å²) in [6.07, 6.45) is 0.593. The third-order valence-electron chi connectivity index (χ3n) is 2.53. The SMILES string of the molecule is CCC(C(=O)O)N(CC)c1cccc(Br)c1. The smallest absolute Gasteiger partial charge is 0.326 e. The molecule has 1 unspecified atom stereocenters. The van der Waals surface area contributed by atoms with Crippen molar-refractivity contribution in [1.82, 2.24) is 0 Å². The van der Waals surface area contributed by atoms with Crippen LogP contribution in [0.2, 0.25) is 0 Å². The van der Waals surface area contributed by atoms with Gasteiger partial charge in [0.15, 0.2) is 0 Å². The van der Waals surface area contributed by atoms with E-state index in [4.69, 9.17) is 5.11 Å². The Morgan fingerprint density at radius 3 is 2.62 bits per heavy atom. The van der Waals surface area contributed by atoms with Gasteiger partial charge in [-0.2, -0.15) is 0 Å². The molecule has 1 N–H and O–H groups in total. The number of rotatable bonds is 5. The van der Waals surface area contributed by atoms with Crippen LogP contribution in [0.1, 0.15) is 20.3 Å². The monoisotopic (exact) mass is 285 g/mol. The van der Waals surface area contributed by atoms with Crippen molar-refractivity contribution in [3.8, 4) is 0 Å². The van der Waals surface area contributed by atoms with E-state index < -0.39 is 12.0 Å². The average Bonchev–Trinajstić information content (AvgIpc) is 2.25. The summed E-state index contributed by atoms with van der Waals surface area (Å²) in [5.74, 6) is -0.774. The quantitative estimate of drug-likeness (QED) is 0.904. The molecule has 0 aromatic heterocycles. The summed E-state index contributed by atoms with van der Waals surface area (Å²) in [7, 11) is 0. The Hall–Kier alpha value is -1.03. The lowest BCUT2D eigenvalue weighted by atomic mass is 10.1. The second kappa shape index (κ2) is 5.89. The first-order valence-corrected chi connectivity index (χ1v) is 6.14. The number of carbonyl (C=O) groups is 1. The lowest BCUT2D eigenvalue weighted by Crippen LogP contribution is -2.40. The zero-order valence-corrected chi connectivity index (χ0v) is 11.1. The van der Waals surface area contributed by atoms with Crippen molar-refractivity contribution >= 4 is 27.6 Å². The van der Waals surface area contributed by atoms with Crippen molar-refractivity contribution in [3.05, 3.63) is 28.7 Å². The Balaban J connectivity index is 3.01. The summed E-state index contributed by atoms with van der Waals surface area (Å²) in [6.45, 7) is 4.53. The van der Waals surface area contributed by atoms with Crippen LogP contribution in [0.4, 0.5) is 5.69 Å². The molecule has 0 spiro atoms. The van der Waals surface area contributed by atoms with Crippen LogP contribution in [-0.4, -0.2) is 23.7 Å². The molecule has 0 radical (unpaired) electrons. The Kier molecular flexibility index (Phi) is 4.80. The molecule has 1 aromatic carbocycles. The molecule has 4 heteroatoms. The third-order valence-corrected chi connectivity index (χ3v) is 3.02. The number of anilines is 1. The Bertz CT molecular complexity index is 368. The number of hydrogen-bond acceptors (Lipinski definition) is 2. The highest BCUT2D eigenvalue weighted by molar-refractivity contribution is 9.10. The number of halogens is 1. The molecular formula is C12H16BrNO2. The number of carboxylic acids is 1. The lowest BCUT2D eigenvalue weighted by Gasteiger charge is -2.29. The van der Waals surface area contributed by atoms with Gasteiger partial charge in [-0.3, -0.25) is 0 Å². The van der Waals surface area contributed by atoms with Crippen LogP contribution in [0, 0.1) is 0 Å². The summed E-state index contributed by atoms with van der Waals surface area (Å²) in [5, 5.41) is 9.15. The molecule has 1 aromatic rings. The minimum Gasteiger partial charge on any atom is -0.480 e. The molecule has 1 rings (SSSR count). The van der Waals surface area contributed by atoms with E-state index in [1.54, 1.807) is 0 Å². The van der Waals surface area contributed by atoms with Gasteiger partial charge in [0, 0.05) is 16.7 Å². The van der Waals surface area contributed by atoms with Crippen molar-refractivity contribution in [2.75, 3.05) is 11.4 Å². The van der Waals surface area contributed by atoms with Crippen molar-refractivity contribution in [3.63, 3.8) is 0 Å². The summed E-state index contributed by atoms with van der Waals surface area (Å²) >= 11 is 3.39. The molecule has 0 aliphatic carbocycles. The van der Waals surface area contributed by atoms with Gasteiger partial charge >= 0.3 is 5.97 Å². The maximum Gasteiger partial charge on any atom is 0.326 e. The molecule has 0 aliphatic rings. The van der Waals surface area contributed by atoms with Crippen LogP contribution in [0.15, 0.2) is 28.7 Å². The van der Waals surface area contributed by atoms with Crippen LogP contribution in [0.25, 0.3) is 0 Å². The van der Waals surface area contributed by atoms with E-state index in [0.717, 1.165) is 10.2 Å². The van der Waals surface area contributed by atoms with Crippen molar-refractivity contribution in [2.24, 2.45) is 0 Å². The molecule has 0 saturated heterocycles. The van der Waals surface area contributed by atoms with Crippen LogP contribution < -0.4 is 4.90 Å². The number of nitrogens with zero attached hydrogens (tertiary/aromatic N) is 1. The van der Waals surface area contributed by atoms with Crippen LogP contribution in [-0.2, 0) is 4.79 Å². The largest absolute Gasteiger partial charge is 0.480 e. The zero-order valence-electron chi connectivity index (χ0n) is 9.48. The molecule has 0 bridgehead atoms. The molecule has 16 heavy (non-hydrogen) atoms. The molecule has 0 heterocycles. The van der Waals surface area contributed by atoms with Gasteiger partial charge in [-0.25, -0.2) is 4.79 Å². The van der Waals surface area contributed by atoms with Gasteiger partial charge in [0.25, 0.3) is 0 Å². The maximum atomic E-state index is 11.1. The molecule has 0 fully saturated rings. The fourth-order valence-electron chi connectivity index (χ4n) is 1.77. The predicted octanol–water partition coefficient (Wildman–Crippen LogP) is 3.14. The van der Waals surface area contributed by atoms with E-state index in [2.05, 4.69) is 15.9 Å². The second-order valence-corrected chi connectivity index (χ2v) is 4.44. The standard InChI is InChI=1S/C12H16BrNO2/c1-3-11(12(15)16)14(4-2)10-7-5-6-9(13)8-10/h5-8,11H,3-4H2,1-2H3,(H,15,16). The summed E-state index contributed by atoms with van der Waals surface area (Å²) in [4.78, 5) is 13.0. The van der Waals surface area contributed by atoms with Gasteiger partial charge in [-0.05, 0) is 31.5 Å². The third kappa shape index (κ3) is 2.98. The summed E-state index contributed by atoms with van der Waals surface area (Å²) < 4.78 is 0.962. The van der Waals surface area contributed by atoms with Gasteiger partial charge < -0.3 is 10.0 Å². The van der Waals surface area contributed by atoms with Crippen molar-refractivity contribution < 1.29 is 9.90 Å². The van der Waals surface area contributed by atoms with E-state index in [1.165, 1.54) is 0 Å². The van der Waals surface area contributed by atoms with Gasteiger partial charge in [-0.1, -0.05) is 28.9 Å². The highest BCUT2D eigenvalue weighted by Crippen LogP contribution is 2.22. The van der Waals surface area contributed by atoms with Crippen molar-refractivity contribution in [1.29, 1.82) is 0 Å². The fraction of sp³-hybridized carbons (Fsp3) is 0.417. The Morgan fingerprint density at radius 1 is 1.50 bits per heavy atom. The molecule has 0 aliphatic heterocycles. The Labute approximate surface area is 104 Å². The topological polar surface area (TPSA) is 40.5 Å². The van der Waals surface area contributed by atoms with E-state index in [9.17, 15) is 4.79 Å². The minimum absolute atomic E-state index is 0.459. The van der Waals surface area contributed by atoms with Gasteiger partial charge in [-0.15, -0.1) is 0 Å². The molecular weight excluding hydrogens is 270 g/mol. The van der Waals surface area contributed by atoms with E-state index in [1.807, 2.05) is 43.0 Å². The lowest BCUT2D eigenvalue weighted by molar-refractivity contribution is -0.138. The highest BCUT2D eigenvalue weighted by Gasteiger charge is 2.22. The summed E-state index contributed by atoms with van der Waals surface area (Å²) in [6, 6.07) is 7.25. The molecule has 88 valence electrons. The van der Waals surface area contributed by atoms with E-state index >= 15 is 0 Å². The summed E-state index contributed by atoms with van der Waals surface area (Å²) in [5.41, 5.74) is 0.936. The number of aliphatic carboxylic acids is 1. The average molecular weight is 286 g/mol. The number of likely N-dealkylation sites (N-methyl/N-ethyl adjacent to an activating group) is 1. The second-order valence-electron chi connectivity index (χ2n) is 3.53. The zero-order chi connectivity index (χ0) is 12.1. The van der Waals surface area contributed by atoms with Gasteiger partial charge in [0.2, 0.25) is 0 Å². The molecule has 0 saturated carbocycles. The van der Waals surface area contributed by atoms with E-state index in [-0.39, 0.29) is 0 Å². The number of hydrogen-bond donors (Lipinski definition) is 1. The Morgan fingerprint density at radius 2 is 2.19 bits per heavy atom. The van der Waals surface area contributed by atoms with Gasteiger partial charge in [0.1, 0.15) is 6.04 Å². The van der Waals surface area contributed by atoms with Crippen LogP contribution in [0.3, 0.4) is 0 Å². The first-order valence-electron chi connectivity index (χ1n) is 5.35. The van der Waals surface area contributed by atoms with Crippen LogP contribution >= 0.6 is 15.9 Å². The number of carboxylic acid groups (broad SMARTS) is 1. The first-order chi connectivity index (χ1) is 7.60. The predicted molar refractivity (Wildman–Crippen MR) is 68.9 cm³/mol. The molecule has 1 atom stereocenters. The number of benzene rings is 1. The first kappa shape index (κ1) is 13.0. The van der Waals surface area contributed by atoms with Crippen molar-refractivity contribution in [2.45, 2.75) is 26.3 Å². The minimum atomic E-state index is -0.774. The van der Waals surface area contributed by atoms with Crippen LogP contribution in [0.5, 0.6) is 0 Å². The molecule has 3 nitrogen and oxygen atoms in total. The highest BCUT2D eigenvalue weighted by atomic mass is 79.9. The fourth-order valence-corrected chi connectivity index (χ4v) is 2.15. The molecule has 0 amide bonds. The van der Waals surface area contributed by atoms with E-state index in [0.29, 0.717) is 13.0 Å².